The Hall–Kier alpha value is -1.91. The standard InChI is InChI=1S/C11H14N2O3/c1-8(9-4-6-12-7-5-9)13-10(14)2-3-11(15)16/h4-8H,2-3H2,1H3,(H,13,14)(H,15,16)/t8-/m1/s1. The number of carbonyl (C=O) groups excluding carboxylic acids is 1. The number of nitrogens with one attached hydrogen (secondary N) is 1. The molecule has 16 heavy (non-hydrogen) atoms. The van der Waals surface area contributed by atoms with Gasteiger partial charge in [0.05, 0.1) is 12.5 Å². The van der Waals surface area contributed by atoms with Gasteiger partial charge in [0.25, 0.3) is 0 Å². The minimum absolute atomic E-state index is 0.00472. The predicted octanol–water partition coefficient (Wildman–Crippen LogP) is 1.12. The van der Waals surface area contributed by atoms with Crippen molar-refractivity contribution in [2.75, 3.05) is 0 Å². The van der Waals surface area contributed by atoms with Crippen molar-refractivity contribution in [3.8, 4) is 0 Å². The molecule has 1 aromatic rings. The average molecular weight is 222 g/mol. The van der Waals surface area contributed by atoms with E-state index in [0.29, 0.717) is 0 Å². The number of aliphatic carboxylic acids is 1. The fraction of sp³-hybridized carbons (Fsp3) is 0.364. The van der Waals surface area contributed by atoms with Gasteiger partial charge in [-0.05, 0) is 24.6 Å². The summed E-state index contributed by atoms with van der Waals surface area (Å²) in [6, 6.07) is 3.48. The molecule has 0 radical (unpaired) electrons. The van der Waals surface area contributed by atoms with E-state index in [1.54, 1.807) is 12.4 Å². The quantitative estimate of drug-likeness (QED) is 0.782. The van der Waals surface area contributed by atoms with E-state index in [0.717, 1.165) is 5.56 Å². The van der Waals surface area contributed by atoms with Gasteiger partial charge >= 0.3 is 5.97 Å². The lowest BCUT2D eigenvalue weighted by Gasteiger charge is -2.13. The summed E-state index contributed by atoms with van der Waals surface area (Å²) in [5.74, 6) is -1.22. The maximum absolute atomic E-state index is 11.3. The van der Waals surface area contributed by atoms with E-state index in [-0.39, 0.29) is 24.8 Å². The van der Waals surface area contributed by atoms with Crippen LogP contribution in [0.4, 0.5) is 0 Å². The molecule has 0 unspecified atom stereocenters. The molecule has 0 aromatic carbocycles. The fourth-order valence-corrected chi connectivity index (χ4v) is 1.27. The summed E-state index contributed by atoms with van der Waals surface area (Å²) in [6.45, 7) is 1.84. The molecule has 5 nitrogen and oxygen atoms in total. The van der Waals surface area contributed by atoms with Crippen molar-refractivity contribution in [2.24, 2.45) is 0 Å². The number of pyridine rings is 1. The van der Waals surface area contributed by atoms with E-state index in [1.807, 2.05) is 19.1 Å². The molecule has 1 amide bonds. The molecule has 0 saturated carbocycles. The first-order valence-electron chi connectivity index (χ1n) is 5.00. The van der Waals surface area contributed by atoms with Crippen molar-refractivity contribution in [3.63, 3.8) is 0 Å². The number of amides is 1. The normalized spacial score (nSPS) is 11.8. The molecule has 0 aliphatic rings. The van der Waals surface area contributed by atoms with E-state index in [2.05, 4.69) is 10.3 Å². The Morgan fingerprint density at radius 3 is 2.56 bits per heavy atom. The van der Waals surface area contributed by atoms with Crippen LogP contribution in [0, 0.1) is 0 Å². The number of carbonyl (C=O) groups is 2. The van der Waals surface area contributed by atoms with Crippen molar-refractivity contribution in [1.82, 2.24) is 10.3 Å². The zero-order chi connectivity index (χ0) is 12.0. The molecule has 0 fully saturated rings. The Kier molecular flexibility index (Phi) is 4.44. The maximum atomic E-state index is 11.3. The zero-order valence-electron chi connectivity index (χ0n) is 9.01. The van der Waals surface area contributed by atoms with Crippen LogP contribution in [-0.4, -0.2) is 22.0 Å². The highest BCUT2D eigenvalue weighted by molar-refractivity contribution is 5.80. The topological polar surface area (TPSA) is 79.3 Å². The minimum atomic E-state index is -0.966. The van der Waals surface area contributed by atoms with Crippen LogP contribution in [0.5, 0.6) is 0 Å². The number of nitrogens with zero attached hydrogens (tertiary/aromatic N) is 1. The van der Waals surface area contributed by atoms with Crippen LogP contribution in [0.3, 0.4) is 0 Å². The van der Waals surface area contributed by atoms with Crippen molar-refractivity contribution in [3.05, 3.63) is 30.1 Å². The maximum Gasteiger partial charge on any atom is 0.303 e. The van der Waals surface area contributed by atoms with Crippen LogP contribution >= 0.6 is 0 Å². The summed E-state index contributed by atoms with van der Waals surface area (Å²) in [4.78, 5) is 25.5. The van der Waals surface area contributed by atoms with Gasteiger partial charge in [-0.2, -0.15) is 0 Å². The van der Waals surface area contributed by atoms with Crippen molar-refractivity contribution >= 4 is 11.9 Å². The van der Waals surface area contributed by atoms with Crippen molar-refractivity contribution in [2.45, 2.75) is 25.8 Å². The number of carboxylic acid groups (broad SMARTS) is 1. The number of carboxylic acids is 1. The molecule has 0 aliphatic carbocycles. The van der Waals surface area contributed by atoms with E-state index in [9.17, 15) is 9.59 Å². The van der Waals surface area contributed by atoms with Crippen LogP contribution in [0.25, 0.3) is 0 Å². The Balaban J connectivity index is 2.43. The lowest BCUT2D eigenvalue weighted by Crippen LogP contribution is -2.26. The summed E-state index contributed by atoms with van der Waals surface area (Å²) >= 11 is 0. The fourth-order valence-electron chi connectivity index (χ4n) is 1.27. The van der Waals surface area contributed by atoms with Crippen LogP contribution in [0.1, 0.15) is 31.4 Å². The largest absolute Gasteiger partial charge is 0.481 e. The van der Waals surface area contributed by atoms with Crippen LogP contribution in [0.2, 0.25) is 0 Å². The number of hydrogen-bond donors (Lipinski definition) is 2. The minimum Gasteiger partial charge on any atom is -0.481 e. The zero-order valence-corrected chi connectivity index (χ0v) is 9.01. The van der Waals surface area contributed by atoms with Gasteiger partial charge in [0.15, 0.2) is 0 Å². The van der Waals surface area contributed by atoms with Crippen LogP contribution in [-0.2, 0) is 9.59 Å². The second-order valence-electron chi connectivity index (χ2n) is 3.46. The average Bonchev–Trinajstić information content (AvgIpc) is 2.27. The molecule has 0 bridgehead atoms. The van der Waals surface area contributed by atoms with Crippen molar-refractivity contribution < 1.29 is 14.7 Å². The number of rotatable bonds is 5. The van der Waals surface area contributed by atoms with E-state index < -0.39 is 5.97 Å². The molecular weight excluding hydrogens is 208 g/mol. The summed E-state index contributed by atoms with van der Waals surface area (Å²) in [5.41, 5.74) is 0.943. The molecule has 0 spiro atoms. The van der Waals surface area contributed by atoms with Gasteiger partial charge < -0.3 is 10.4 Å². The Morgan fingerprint density at radius 2 is 2.00 bits per heavy atom. The van der Waals surface area contributed by atoms with Gasteiger partial charge in [-0.3, -0.25) is 14.6 Å². The molecule has 0 aliphatic heterocycles. The first-order chi connectivity index (χ1) is 7.59. The van der Waals surface area contributed by atoms with E-state index >= 15 is 0 Å². The first kappa shape index (κ1) is 12.2. The second kappa shape index (κ2) is 5.85. The molecule has 1 rings (SSSR count). The molecule has 1 heterocycles. The highest BCUT2D eigenvalue weighted by Gasteiger charge is 2.10. The third-order valence-corrected chi connectivity index (χ3v) is 2.15. The van der Waals surface area contributed by atoms with Gasteiger partial charge in [-0.25, -0.2) is 0 Å². The molecule has 1 aromatic heterocycles. The number of aromatic nitrogens is 1. The lowest BCUT2D eigenvalue weighted by atomic mass is 10.1. The highest BCUT2D eigenvalue weighted by atomic mass is 16.4. The SMILES string of the molecule is C[C@@H](NC(=O)CCC(=O)O)c1ccncc1. The smallest absolute Gasteiger partial charge is 0.303 e. The summed E-state index contributed by atoms with van der Waals surface area (Å²) in [5, 5.41) is 11.1. The Morgan fingerprint density at radius 1 is 1.38 bits per heavy atom. The summed E-state index contributed by atoms with van der Waals surface area (Å²) in [7, 11) is 0. The summed E-state index contributed by atoms with van der Waals surface area (Å²) < 4.78 is 0. The summed E-state index contributed by atoms with van der Waals surface area (Å²) in [6.07, 6.45) is 3.16. The molecule has 86 valence electrons. The van der Waals surface area contributed by atoms with Crippen LogP contribution in [0.15, 0.2) is 24.5 Å². The predicted molar refractivity (Wildman–Crippen MR) is 57.7 cm³/mol. The van der Waals surface area contributed by atoms with Gasteiger partial charge in [0.1, 0.15) is 0 Å². The van der Waals surface area contributed by atoms with Crippen molar-refractivity contribution in [1.29, 1.82) is 0 Å². The van der Waals surface area contributed by atoms with Gasteiger partial charge in [0, 0.05) is 18.8 Å². The Bertz CT molecular complexity index is 365. The van der Waals surface area contributed by atoms with E-state index in [4.69, 9.17) is 5.11 Å². The third kappa shape index (κ3) is 4.08. The van der Waals surface area contributed by atoms with Gasteiger partial charge in [-0.15, -0.1) is 0 Å². The first-order valence-corrected chi connectivity index (χ1v) is 5.00. The molecule has 2 N–H and O–H groups in total. The lowest BCUT2D eigenvalue weighted by molar-refractivity contribution is -0.138. The second-order valence-corrected chi connectivity index (χ2v) is 3.46. The molecule has 5 heteroatoms. The van der Waals surface area contributed by atoms with E-state index in [1.165, 1.54) is 0 Å². The molecule has 0 saturated heterocycles. The highest BCUT2D eigenvalue weighted by Crippen LogP contribution is 2.10. The third-order valence-electron chi connectivity index (χ3n) is 2.15. The molecule has 1 atom stereocenters. The number of hydrogen-bond acceptors (Lipinski definition) is 3. The van der Waals surface area contributed by atoms with Crippen LogP contribution < -0.4 is 5.32 Å². The van der Waals surface area contributed by atoms with Gasteiger partial charge in [-0.1, -0.05) is 0 Å². The molecular formula is C11H14N2O3. The van der Waals surface area contributed by atoms with Gasteiger partial charge in [0.2, 0.25) is 5.91 Å². The monoisotopic (exact) mass is 222 g/mol. The Labute approximate surface area is 93.5 Å².